The Kier molecular flexibility index (Phi) is 4.21. The molecule has 0 saturated heterocycles. The van der Waals surface area contributed by atoms with Crippen LogP contribution in [0.25, 0.3) is 0 Å². The number of allylic oxidation sites excluding steroid dienone is 1. The van der Waals surface area contributed by atoms with Crippen molar-refractivity contribution in [1.82, 2.24) is 0 Å². The first-order chi connectivity index (χ1) is 7.70. The minimum atomic E-state index is -0.836. The van der Waals surface area contributed by atoms with Crippen molar-refractivity contribution in [3.63, 3.8) is 0 Å². The van der Waals surface area contributed by atoms with Crippen molar-refractivity contribution in [2.75, 3.05) is 0 Å². The zero-order chi connectivity index (χ0) is 13.3. The van der Waals surface area contributed by atoms with Gasteiger partial charge in [-0.2, -0.15) is 0 Å². The van der Waals surface area contributed by atoms with E-state index in [1.54, 1.807) is 13.0 Å². The molecule has 0 amide bonds. The molecule has 4 atom stereocenters. The van der Waals surface area contributed by atoms with Gasteiger partial charge in [0.25, 0.3) is 0 Å². The molecule has 1 rings (SSSR count). The molecule has 0 aromatic carbocycles. The third-order valence-electron chi connectivity index (χ3n) is 4.43. The predicted octanol–water partition coefficient (Wildman–Crippen LogP) is 3.06. The Hall–Kier alpha value is -0.600. The largest absolute Gasteiger partial charge is 0.389 e. The van der Waals surface area contributed by atoms with E-state index in [1.807, 2.05) is 6.92 Å². The lowest BCUT2D eigenvalue weighted by atomic mass is 9.68. The van der Waals surface area contributed by atoms with Gasteiger partial charge in [-0.1, -0.05) is 24.6 Å². The van der Waals surface area contributed by atoms with Crippen LogP contribution in [0.4, 0.5) is 0 Å². The highest BCUT2D eigenvalue weighted by atomic mass is 16.3. The van der Waals surface area contributed by atoms with Crippen molar-refractivity contribution >= 4 is 0 Å². The van der Waals surface area contributed by atoms with Crippen LogP contribution in [0.5, 0.6) is 0 Å². The minimum absolute atomic E-state index is 0.137. The van der Waals surface area contributed by atoms with Crippen LogP contribution in [0.15, 0.2) is 24.3 Å². The maximum atomic E-state index is 10.6. The normalized spacial score (nSPS) is 37.2. The van der Waals surface area contributed by atoms with E-state index in [2.05, 4.69) is 26.5 Å². The van der Waals surface area contributed by atoms with Crippen LogP contribution < -0.4 is 0 Å². The number of aliphatic hydroxyl groups is 2. The molecule has 1 aliphatic rings. The molecule has 1 unspecified atom stereocenters. The predicted molar refractivity (Wildman–Crippen MR) is 71.7 cm³/mol. The van der Waals surface area contributed by atoms with Gasteiger partial charge < -0.3 is 10.2 Å². The molecule has 0 aromatic rings. The molecule has 2 nitrogen and oxygen atoms in total. The summed E-state index contributed by atoms with van der Waals surface area (Å²) in [6, 6.07) is 0. The molecule has 2 N–H and O–H groups in total. The maximum absolute atomic E-state index is 10.6. The molecule has 98 valence electrons. The van der Waals surface area contributed by atoms with E-state index in [0.717, 1.165) is 12.8 Å². The third kappa shape index (κ3) is 3.20. The Morgan fingerprint density at radius 2 is 2.24 bits per heavy atom. The summed E-state index contributed by atoms with van der Waals surface area (Å²) in [5.41, 5.74) is -0.263. The monoisotopic (exact) mass is 238 g/mol. The molecular formula is C15H26O2. The fourth-order valence-electron chi connectivity index (χ4n) is 2.61. The summed E-state index contributed by atoms with van der Waals surface area (Å²) >= 11 is 0. The fourth-order valence-corrected chi connectivity index (χ4v) is 2.61. The molecular weight excluding hydrogens is 212 g/mol. The lowest BCUT2D eigenvalue weighted by Gasteiger charge is -2.42. The first-order valence-electron chi connectivity index (χ1n) is 6.45. The SMILES string of the molecule is C=CC(C)(O)CC[C@H]1C(C)=CC[C@@H](C)[C@@]1(C)O. The van der Waals surface area contributed by atoms with Gasteiger partial charge in [-0.15, -0.1) is 6.58 Å². The fraction of sp³-hybridized carbons (Fsp3) is 0.733. The van der Waals surface area contributed by atoms with Crippen LogP contribution in [0, 0.1) is 11.8 Å². The quantitative estimate of drug-likeness (QED) is 0.739. The molecule has 17 heavy (non-hydrogen) atoms. The Bertz CT molecular complexity index is 313. The summed E-state index contributed by atoms with van der Waals surface area (Å²) in [6.45, 7) is 11.5. The first kappa shape index (κ1) is 14.5. The molecule has 0 fully saturated rings. The second-order valence-electron chi connectivity index (χ2n) is 5.96. The van der Waals surface area contributed by atoms with Crippen molar-refractivity contribution in [3.8, 4) is 0 Å². The van der Waals surface area contributed by atoms with Crippen LogP contribution in [0.2, 0.25) is 0 Å². The molecule has 0 spiro atoms. The van der Waals surface area contributed by atoms with Crippen LogP contribution in [0.3, 0.4) is 0 Å². The molecule has 2 heteroatoms. The maximum Gasteiger partial charge on any atom is 0.0797 e. The van der Waals surface area contributed by atoms with Crippen LogP contribution >= 0.6 is 0 Å². The van der Waals surface area contributed by atoms with Crippen molar-refractivity contribution in [2.45, 2.75) is 58.2 Å². The molecule has 0 aliphatic heterocycles. The van der Waals surface area contributed by atoms with Crippen LogP contribution in [-0.2, 0) is 0 Å². The number of hydrogen-bond acceptors (Lipinski definition) is 2. The highest BCUT2D eigenvalue weighted by Gasteiger charge is 2.40. The second-order valence-corrected chi connectivity index (χ2v) is 5.96. The molecule has 0 saturated carbocycles. The van der Waals surface area contributed by atoms with E-state index in [9.17, 15) is 10.2 Å². The van der Waals surface area contributed by atoms with Gasteiger partial charge in [0.05, 0.1) is 11.2 Å². The van der Waals surface area contributed by atoms with Gasteiger partial charge in [0.15, 0.2) is 0 Å². The third-order valence-corrected chi connectivity index (χ3v) is 4.43. The van der Waals surface area contributed by atoms with Gasteiger partial charge in [0.2, 0.25) is 0 Å². The summed E-state index contributed by atoms with van der Waals surface area (Å²) in [6.07, 6.45) is 6.16. The van der Waals surface area contributed by atoms with Gasteiger partial charge >= 0.3 is 0 Å². The first-order valence-corrected chi connectivity index (χ1v) is 6.45. The summed E-state index contributed by atoms with van der Waals surface area (Å²) in [4.78, 5) is 0. The number of hydrogen-bond donors (Lipinski definition) is 2. The Labute approximate surface area is 105 Å². The Balaban J connectivity index is 2.77. The van der Waals surface area contributed by atoms with E-state index in [1.165, 1.54) is 5.57 Å². The molecule has 0 radical (unpaired) electrons. The average molecular weight is 238 g/mol. The van der Waals surface area contributed by atoms with E-state index in [-0.39, 0.29) is 11.8 Å². The standard InChI is InChI=1S/C15H26O2/c1-6-14(4,16)10-9-13-11(2)7-8-12(3)15(13,5)17/h6-7,12-13,16-17H,1,8-10H2,2-5H3/t12-,13+,14?,15-/m1/s1. The zero-order valence-electron chi connectivity index (χ0n) is 11.5. The Morgan fingerprint density at radius 3 is 2.76 bits per heavy atom. The highest BCUT2D eigenvalue weighted by Crippen LogP contribution is 2.41. The van der Waals surface area contributed by atoms with Gasteiger partial charge in [-0.05, 0) is 46.0 Å². The average Bonchev–Trinajstić information content (AvgIpc) is 2.23. The van der Waals surface area contributed by atoms with Crippen molar-refractivity contribution in [3.05, 3.63) is 24.3 Å². The van der Waals surface area contributed by atoms with Gasteiger partial charge in [-0.25, -0.2) is 0 Å². The van der Waals surface area contributed by atoms with E-state index in [0.29, 0.717) is 6.42 Å². The van der Waals surface area contributed by atoms with Crippen molar-refractivity contribution in [2.24, 2.45) is 11.8 Å². The summed E-state index contributed by atoms with van der Waals surface area (Å²) in [5, 5.41) is 20.6. The molecule has 0 heterocycles. The van der Waals surface area contributed by atoms with E-state index >= 15 is 0 Å². The zero-order valence-corrected chi connectivity index (χ0v) is 11.5. The smallest absolute Gasteiger partial charge is 0.0797 e. The highest BCUT2D eigenvalue weighted by molar-refractivity contribution is 5.16. The van der Waals surface area contributed by atoms with E-state index < -0.39 is 11.2 Å². The van der Waals surface area contributed by atoms with Crippen LogP contribution in [-0.4, -0.2) is 21.4 Å². The number of rotatable bonds is 4. The van der Waals surface area contributed by atoms with Crippen molar-refractivity contribution < 1.29 is 10.2 Å². The lowest BCUT2D eigenvalue weighted by Crippen LogP contribution is -2.44. The lowest BCUT2D eigenvalue weighted by molar-refractivity contribution is -0.0487. The molecule has 1 aliphatic carbocycles. The summed E-state index contributed by atoms with van der Waals surface area (Å²) in [7, 11) is 0. The van der Waals surface area contributed by atoms with Gasteiger partial charge in [0, 0.05) is 5.92 Å². The van der Waals surface area contributed by atoms with E-state index in [4.69, 9.17) is 0 Å². The second kappa shape index (κ2) is 4.95. The van der Waals surface area contributed by atoms with Crippen molar-refractivity contribution in [1.29, 1.82) is 0 Å². The summed E-state index contributed by atoms with van der Waals surface area (Å²) in [5.74, 6) is 0.405. The van der Waals surface area contributed by atoms with Crippen LogP contribution in [0.1, 0.15) is 47.0 Å². The van der Waals surface area contributed by atoms with Gasteiger partial charge in [-0.3, -0.25) is 0 Å². The topological polar surface area (TPSA) is 40.5 Å². The molecule has 0 aromatic heterocycles. The van der Waals surface area contributed by atoms with Gasteiger partial charge in [0.1, 0.15) is 0 Å². The Morgan fingerprint density at radius 1 is 1.65 bits per heavy atom. The minimum Gasteiger partial charge on any atom is -0.389 e. The summed E-state index contributed by atoms with van der Waals surface area (Å²) < 4.78 is 0. The molecule has 0 bridgehead atoms.